The quantitative estimate of drug-likeness (QED) is 0.386. The lowest BCUT2D eigenvalue weighted by Gasteiger charge is -2.11. The number of carbonyl (C=O) groups is 2. The second-order valence-corrected chi connectivity index (χ2v) is 7.27. The van der Waals surface area contributed by atoms with E-state index in [9.17, 15) is 19.7 Å². The normalized spacial score (nSPS) is 10.3. The number of amides is 2. The van der Waals surface area contributed by atoms with Crippen LogP contribution in [0.15, 0.2) is 60.7 Å². The maximum Gasteiger partial charge on any atom is 0.296 e. The van der Waals surface area contributed by atoms with Crippen LogP contribution in [0.5, 0.6) is 11.5 Å². The Bertz CT molecular complexity index is 1190. The zero-order chi connectivity index (χ0) is 24.0. The number of methoxy groups -OCH3 is 1. The van der Waals surface area contributed by atoms with E-state index in [1.54, 1.807) is 24.3 Å². The lowest BCUT2D eigenvalue weighted by atomic mass is 10.1. The van der Waals surface area contributed by atoms with Gasteiger partial charge in [0.05, 0.1) is 18.1 Å². The highest BCUT2D eigenvalue weighted by Gasteiger charge is 2.17. The van der Waals surface area contributed by atoms with Gasteiger partial charge in [0.1, 0.15) is 17.2 Å². The first-order chi connectivity index (χ1) is 15.8. The van der Waals surface area contributed by atoms with Gasteiger partial charge in [0.25, 0.3) is 17.5 Å². The van der Waals surface area contributed by atoms with Gasteiger partial charge in [-0.3, -0.25) is 19.7 Å². The Hall–Kier alpha value is -4.40. The fraction of sp³-hybridized carbons (Fsp3) is 0.167. The number of hydrogen-bond acceptors (Lipinski definition) is 6. The van der Waals surface area contributed by atoms with E-state index >= 15 is 0 Å². The number of carbonyl (C=O) groups excluding carboxylic acids is 2. The van der Waals surface area contributed by atoms with E-state index in [-0.39, 0.29) is 23.9 Å². The van der Waals surface area contributed by atoms with Gasteiger partial charge in [-0.2, -0.15) is 0 Å². The molecule has 0 fully saturated rings. The van der Waals surface area contributed by atoms with Gasteiger partial charge in [0.2, 0.25) is 0 Å². The van der Waals surface area contributed by atoms with Crippen LogP contribution < -0.4 is 20.1 Å². The number of benzene rings is 3. The molecule has 0 unspecified atom stereocenters. The van der Waals surface area contributed by atoms with E-state index in [2.05, 4.69) is 10.6 Å². The van der Waals surface area contributed by atoms with E-state index in [4.69, 9.17) is 9.47 Å². The van der Waals surface area contributed by atoms with Gasteiger partial charge in [-0.25, -0.2) is 0 Å². The van der Waals surface area contributed by atoms with E-state index in [0.29, 0.717) is 17.1 Å². The molecule has 0 atom stereocenters. The zero-order valence-electron chi connectivity index (χ0n) is 18.4. The van der Waals surface area contributed by atoms with Crippen LogP contribution in [0.4, 0.5) is 17.1 Å². The molecule has 0 spiro atoms. The number of ether oxygens (including phenoxy) is 2. The number of anilines is 2. The molecule has 3 aromatic carbocycles. The van der Waals surface area contributed by atoms with Crippen molar-refractivity contribution in [1.82, 2.24) is 0 Å². The first-order valence-electron chi connectivity index (χ1n) is 10.0. The molecule has 0 aromatic heterocycles. The predicted molar refractivity (Wildman–Crippen MR) is 124 cm³/mol. The Morgan fingerprint density at radius 2 is 1.61 bits per heavy atom. The Balaban J connectivity index is 1.58. The van der Waals surface area contributed by atoms with Gasteiger partial charge in [0.15, 0.2) is 6.61 Å². The van der Waals surface area contributed by atoms with Crippen LogP contribution in [0.3, 0.4) is 0 Å². The summed E-state index contributed by atoms with van der Waals surface area (Å²) in [5.41, 5.74) is 2.91. The van der Waals surface area contributed by atoms with E-state index in [1.807, 2.05) is 32.0 Å². The summed E-state index contributed by atoms with van der Waals surface area (Å²) >= 11 is 0. The summed E-state index contributed by atoms with van der Waals surface area (Å²) < 4.78 is 10.4. The highest BCUT2D eigenvalue weighted by Crippen LogP contribution is 2.29. The molecule has 0 radical (unpaired) electrons. The molecule has 9 nitrogen and oxygen atoms in total. The molecule has 33 heavy (non-hydrogen) atoms. The average Bonchev–Trinajstić information content (AvgIpc) is 2.80. The molecular formula is C24H23N3O6. The van der Waals surface area contributed by atoms with E-state index < -0.39 is 10.8 Å². The highest BCUT2D eigenvalue weighted by atomic mass is 16.6. The van der Waals surface area contributed by atoms with Gasteiger partial charge in [-0.1, -0.05) is 12.1 Å². The molecule has 2 amide bonds. The van der Waals surface area contributed by atoms with Gasteiger partial charge in [-0.05, 0) is 67.4 Å². The van der Waals surface area contributed by atoms with Crippen LogP contribution in [0.25, 0.3) is 0 Å². The van der Waals surface area contributed by atoms with Crippen molar-refractivity contribution in [3.63, 3.8) is 0 Å². The van der Waals surface area contributed by atoms with Crippen LogP contribution in [-0.4, -0.2) is 30.5 Å². The number of nitro groups is 1. The smallest absolute Gasteiger partial charge is 0.296 e. The number of nitrogens with one attached hydrogen (secondary N) is 2. The van der Waals surface area contributed by atoms with Gasteiger partial charge >= 0.3 is 0 Å². The van der Waals surface area contributed by atoms with Crippen LogP contribution in [-0.2, 0) is 4.79 Å². The van der Waals surface area contributed by atoms with Crippen molar-refractivity contribution in [1.29, 1.82) is 0 Å². The van der Waals surface area contributed by atoms with Crippen molar-refractivity contribution in [2.75, 3.05) is 24.4 Å². The third-order valence-corrected chi connectivity index (χ3v) is 4.80. The topological polar surface area (TPSA) is 120 Å². The van der Waals surface area contributed by atoms with Crippen LogP contribution >= 0.6 is 0 Å². The van der Waals surface area contributed by atoms with Crippen molar-refractivity contribution >= 4 is 28.9 Å². The molecule has 170 valence electrons. The van der Waals surface area contributed by atoms with Gasteiger partial charge in [0, 0.05) is 11.3 Å². The molecule has 0 saturated carbocycles. The fourth-order valence-electron chi connectivity index (χ4n) is 3.00. The Kier molecular flexibility index (Phi) is 7.24. The van der Waals surface area contributed by atoms with Crippen molar-refractivity contribution in [3.05, 3.63) is 87.5 Å². The Morgan fingerprint density at radius 3 is 2.27 bits per heavy atom. The number of aryl methyl sites for hydroxylation is 2. The number of hydrogen-bond donors (Lipinski definition) is 2. The lowest BCUT2D eigenvalue weighted by molar-refractivity contribution is -0.384. The van der Waals surface area contributed by atoms with Crippen LogP contribution in [0.2, 0.25) is 0 Å². The maximum absolute atomic E-state index is 12.5. The summed E-state index contributed by atoms with van der Waals surface area (Å²) in [5.74, 6) is -0.157. The maximum atomic E-state index is 12.5. The second-order valence-electron chi connectivity index (χ2n) is 7.27. The van der Waals surface area contributed by atoms with Crippen molar-refractivity contribution in [3.8, 4) is 11.5 Å². The number of nitro benzene ring substituents is 1. The SMILES string of the molecule is COc1ccc(NC(=O)COc2ccc(C(=O)Nc3cc(C)ccc3C)cc2)c([N+](=O)[O-])c1. The molecule has 3 rings (SSSR count). The Morgan fingerprint density at radius 1 is 0.909 bits per heavy atom. The van der Waals surface area contributed by atoms with Crippen LogP contribution in [0, 0.1) is 24.0 Å². The van der Waals surface area contributed by atoms with Crippen LogP contribution in [0.1, 0.15) is 21.5 Å². The molecule has 3 aromatic rings. The number of nitrogens with zero attached hydrogens (tertiary/aromatic N) is 1. The summed E-state index contributed by atoms with van der Waals surface area (Å²) in [6, 6.07) is 16.2. The first-order valence-corrected chi connectivity index (χ1v) is 10.0. The molecule has 9 heteroatoms. The first kappa shape index (κ1) is 23.3. The average molecular weight is 449 g/mol. The highest BCUT2D eigenvalue weighted by molar-refractivity contribution is 6.04. The monoisotopic (exact) mass is 449 g/mol. The molecule has 0 heterocycles. The molecule has 0 aliphatic rings. The summed E-state index contributed by atoms with van der Waals surface area (Å²) in [4.78, 5) is 35.3. The van der Waals surface area contributed by atoms with Gasteiger partial charge in [-0.15, -0.1) is 0 Å². The van der Waals surface area contributed by atoms with Crippen molar-refractivity contribution in [2.24, 2.45) is 0 Å². The predicted octanol–water partition coefficient (Wildman–Crippen LogP) is 4.49. The summed E-state index contributed by atoms with van der Waals surface area (Å²) in [5, 5.41) is 16.6. The zero-order valence-corrected chi connectivity index (χ0v) is 18.4. The minimum Gasteiger partial charge on any atom is -0.496 e. The Labute approximate surface area is 190 Å². The molecule has 0 saturated heterocycles. The molecular weight excluding hydrogens is 426 g/mol. The third kappa shape index (κ3) is 6.07. The summed E-state index contributed by atoms with van der Waals surface area (Å²) in [6.45, 7) is 3.50. The summed E-state index contributed by atoms with van der Waals surface area (Å²) in [7, 11) is 1.39. The lowest BCUT2D eigenvalue weighted by Crippen LogP contribution is -2.20. The summed E-state index contributed by atoms with van der Waals surface area (Å²) in [6.07, 6.45) is 0. The molecule has 2 N–H and O–H groups in total. The minimum absolute atomic E-state index is 0.0351. The fourth-order valence-corrected chi connectivity index (χ4v) is 3.00. The molecule has 0 aliphatic heterocycles. The number of rotatable bonds is 8. The third-order valence-electron chi connectivity index (χ3n) is 4.80. The van der Waals surface area contributed by atoms with E-state index in [1.165, 1.54) is 25.3 Å². The second kappa shape index (κ2) is 10.3. The van der Waals surface area contributed by atoms with Gasteiger partial charge < -0.3 is 20.1 Å². The molecule has 0 aliphatic carbocycles. The van der Waals surface area contributed by atoms with Crippen molar-refractivity contribution in [2.45, 2.75) is 13.8 Å². The molecule has 0 bridgehead atoms. The van der Waals surface area contributed by atoms with E-state index in [0.717, 1.165) is 16.8 Å². The largest absolute Gasteiger partial charge is 0.496 e. The standard InChI is InChI=1S/C24H23N3O6/c1-15-4-5-16(2)21(12-15)26-24(29)17-6-8-18(9-7-17)33-14-23(28)25-20-11-10-19(32-3)13-22(20)27(30)31/h4-13H,14H2,1-3H3,(H,25,28)(H,26,29). The van der Waals surface area contributed by atoms with Crippen molar-refractivity contribution < 1.29 is 24.0 Å². The minimum atomic E-state index is -0.610.